The van der Waals surface area contributed by atoms with E-state index < -0.39 is 24.5 Å². The average molecular weight is 245 g/mol. The number of hydrogen-bond donors (Lipinski definition) is 2. The van der Waals surface area contributed by atoms with Gasteiger partial charge in [-0.15, -0.1) is 0 Å². The number of carbonyl (C=O) groups excluding carboxylic acids is 1. The quantitative estimate of drug-likeness (QED) is 0.779. The molecule has 0 aliphatic rings. The molecular formula is C11H13F2NO3. The van der Waals surface area contributed by atoms with Crippen LogP contribution in [0.5, 0.6) is 0 Å². The number of hydrogen-bond acceptors (Lipinski definition) is 4. The van der Waals surface area contributed by atoms with Crippen molar-refractivity contribution in [2.45, 2.75) is 12.0 Å². The Morgan fingerprint density at radius 3 is 2.65 bits per heavy atom. The molecule has 0 fully saturated rings. The van der Waals surface area contributed by atoms with Crippen LogP contribution in [0.3, 0.4) is 0 Å². The molecule has 0 radical (unpaired) electrons. The van der Waals surface area contributed by atoms with Gasteiger partial charge in [-0.25, -0.2) is 13.6 Å². The molecule has 0 aromatic heterocycles. The van der Waals surface area contributed by atoms with E-state index in [-0.39, 0.29) is 11.1 Å². The molecule has 17 heavy (non-hydrogen) atoms. The fourth-order valence-electron chi connectivity index (χ4n) is 1.39. The zero-order valence-electron chi connectivity index (χ0n) is 9.19. The maximum atomic E-state index is 13.3. The number of ether oxygens (including phenoxy) is 1. The highest BCUT2D eigenvalue weighted by Gasteiger charge is 2.39. The summed E-state index contributed by atoms with van der Waals surface area (Å²) >= 11 is 0. The van der Waals surface area contributed by atoms with Crippen molar-refractivity contribution in [3.63, 3.8) is 0 Å². The topological polar surface area (TPSA) is 72.5 Å². The summed E-state index contributed by atoms with van der Waals surface area (Å²) in [4.78, 5) is 11.4. The average Bonchev–Trinajstić information content (AvgIpc) is 2.36. The Hall–Kier alpha value is -1.53. The number of alkyl halides is 2. The van der Waals surface area contributed by atoms with Crippen LogP contribution in [-0.4, -0.2) is 30.7 Å². The van der Waals surface area contributed by atoms with Crippen LogP contribution in [0.1, 0.15) is 22.0 Å². The van der Waals surface area contributed by atoms with Gasteiger partial charge in [0.1, 0.15) is 6.61 Å². The highest BCUT2D eigenvalue weighted by molar-refractivity contribution is 5.91. The number of carbonyl (C=O) groups is 1. The summed E-state index contributed by atoms with van der Waals surface area (Å²) in [5.74, 6) is -4.24. The highest BCUT2D eigenvalue weighted by Crippen LogP contribution is 2.30. The lowest BCUT2D eigenvalue weighted by molar-refractivity contribution is -0.0713. The molecule has 0 unspecified atom stereocenters. The number of rotatable bonds is 4. The van der Waals surface area contributed by atoms with Crippen molar-refractivity contribution < 1.29 is 23.4 Å². The molecule has 4 nitrogen and oxygen atoms in total. The molecule has 3 N–H and O–H groups in total. The summed E-state index contributed by atoms with van der Waals surface area (Å²) in [5.41, 5.74) is 5.27. The van der Waals surface area contributed by atoms with Crippen molar-refractivity contribution >= 4 is 5.97 Å². The van der Waals surface area contributed by atoms with Gasteiger partial charge in [0.25, 0.3) is 5.92 Å². The number of aliphatic hydroxyl groups excluding tert-OH is 1. The molecule has 0 amide bonds. The van der Waals surface area contributed by atoms with Gasteiger partial charge >= 0.3 is 5.97 Å². The van der Waals surface area contributed by atoms with E-state index in [0.717, 1.165) is 7.11 Å². The van der Waals surface area contributed by atoms with E-state index in [9.17, 15) is 13.6 Å². The molecule has 0 spiro atoms. The van der Waals surface area contributed by atoms with E-state index in [1.165, 1.54) is 24.3 Å². The fourth-order valence-corrected chi connectivity index (χ4v) is 1.39. The Morgan fingerprint density at radius 1 is 1.53 bits per heavy atom. The second-order valence-corrected chi connectivity index (χ2v) is 3.48. The largest absolute Gasteiger partial charge is 0.465 e. The van der Waals surface area contributed by atoms with Crippen LogP contribution in [0.4, 0.5) is 8.78 Å². The minimum Gasteiger partial charge on any atom is -0.465 e. The maximum Gasteiger partial charge on any atom is 0.338 e. The standard InChI is InChI=1S/C11H13F2NO3/c1-17-10(16)8-5-3-2-4-7(8)9(14)11(12,13)6-15/h2-5,9,15H,6,14H2,1H3/t9-/m0/s1. The molecule has 0 aliphatic heterocycles. The maximum absolute atomic E-state index is 13.3. The van der Waals surface area contributed by atoms with Crippen molar-refractivity contribution in [1.82, 2.24) is 0 Å². The second kappa shape index (κ2) is 5.20. The van der Waals surface area contributed by atoms with E-state index in [0.29, 0.717) is 0 Å². The van der Waals surface area contributed by atoms with Crippen LogP contribution in [0, 0.1) is 0 Å². The lowest BCUT2D eigenvalue weighted by atomic mass is 9.96. The van der Waals surface area contributed by atoms with Crippen molar-refractivity contribution in [1.29, 1.82) is 0 Å². The number of methoxy groups -OCH3 is 1. The lowest BCUT2D eigenvalue weighted by Crippen LogP contribution is -2.37. The number of halogens is 2. The van der Waals surface area contributed by atoms with E-state index in [4.69, 9.17) is 10.8 Å². The van der Waals surface area contributed by atoms with Crippen LogP contribution in [0.15, 0.2) is 24.3 Å². The van der Waals surface area contributed by atoms with Crippen molar-refractivity contribution in [2.75, 3.05) is 13.7 Å². The van der Waals surface area contributed by atoms with Gasteiger partial charge in [-0.3, -0.25) is 0 Å². The van der Waals surface area contributed by atoms with E-state index >= 15 is 0 Å². The molecule has 0 aliphatic carbocycles. The minimum absolute atomic E-state index is 0.0318. The lowest BCUT2D eigenvalue weighted by Gasteiger charge is -2.23. The van der Waals surface area contributed by atoms with Gasteiger partial charge in [0, 0.05) is 0 Å². The highest BCUT2D eigenvalue weighted by atomic mass is 19.3. The molecule has 1 aromatic carbocycles. The molecule has 6 heteroatoms. The van der Waals surface area contributed by atoms with Gasteiger partial charge in [-0.1, -0.05) is 18.2 Å². The molecule has 1 atom stereocenters. The fraction of sp³-hybridized carbons (Fsp3) is 0.364. The first-order chi connectivity index (χ1) is 7.94. The first-order valence-electron chi connectivity index (χ1n) is 4.85. The van der Waals surface area contributed by atoms with Gasteiger partial charge in [0.15, 0.2) is 0 Å². The Balaban J connectivity index is 3.18. The van der Waals surface area contributed by atoms with Crippen molar-refractivity contribution in [3.05, 3.63) is 35.4 Å². The smallest absolute Gasteiger partial charge is 0.338 e. The Labute approximate surface area is 97.0 Å². The number of benzene rings is 1. The van der Waals surface area contributed by atoms with Crippen LogP contribution < -0.4 is 5.73 Å². The van der Waals surface area contributed by atoms with E-state index in [1.54, 1.807) is 0 Å². The molecule has 0 saturated carbocycles. The summed E-state index contributed by atoms with van der Waals surface area (Å²) in [7, 11) is 1.15. The molecule has 1 rings (SSSR count). The summed E-state index contributed by atoms with van der Waals surface area (Å²) in [6, 6.07) is 3.88. The number of esters is 1. The van der Waals surface area contributed by atoms with Gasteiger partial charge < -0.3 is 15.6 Å². The predicted octanol–water partition coefficient (Wildman–Crippen LogP) is 1.10. The molecule has 94 valence electrons. The number of nitrogens with two attached hydrogens (primary N) is 1. The third kappa shape index (κ3) is 2.78. The van der Waals surface area contributed by atoms with Crippen LogP contribution in [0.2, 0.25) is 0 Å². The van der Waals surface area contributed by atoms with Crippen LogP contribution in [-0.2, 0) is 4.74 Å². The Bertz CT molecular complexity index is 409. The van der Waals surface area contributed by atoms with Crippen molar-refractivity contribution in [2.24, 2.45) is 5.73 Å². The summed E-state index contributed by atoms with van der Waals surface area (Å²) in [6.07, 6.45) is 0. The monoisotopic (exact) mass is 245 g/mol. The van der Waals surface area contributed by atoms with Gasteiger partial charge in [-0.05, 0) is 11.6 Å². The molecule has 0 saturated heterocycles. The predicted molar refractivity (Wildman–Crippen MR) is 56.7 cm³/mol. The van der Waals surface area contributed by atoms with E-state index in [2.05, 4.69) is 4.74 Å². The summed E-state index contributed by atoms with van der Waals surface area (Å²) < 4.78 is 31.0. The zero-order chi connectivity index (χ0) is 13.1. The number of aliphatic hydroxyl groups is 1. The van der Waals surface area contributed by atoms with Crippen molar-refractivity contribution in [3.8, 4) is 0 Å². The minimum atomic E-state index is -3.50. The first kappa shape index (κ1) is 13.5. The van der Waals surface area contributed by atoms with Crippen LogP contribution >= 0.6 is 0 Å². The Morgan fingerprint density at radius 2 is 2.12 bits per heavy atom. The summed E-state index contributed by atoms with van der Waals surface area (Å²) in [5, 5.41) is 8.57. The van der Waals surface area contributed by atoms with E-state index in [1.807, 2.05) is 0 Å². The van der Waals surface area contributed by atoms with Crippen LogP contribution in [0.25, 0.3) is 0 Å². The normalized spacial score (nSPS) is 13.2. The van der Waals surface area contributed by atoms with Gasteiger partial charge in [0.2, 0.25) is 0 Å². The molecule has 1 aromatic rings. The third-order valence-corrected chi connectivity index (χ3v) is 2.37. The zero-order valence-corrected chi connectivity index (χ0v) is 9.19. The van der Waals surface area contributed by atoms with Gasteiger partial charge in [0.05, 0.1) is 18.7 Å². The SMILES string of the molecule is COC(=O)c1ccccc1[C@H](N)C(F)(F)CO. The Kier molecular flexibility index (Phi) is 4.14. The first-order valence-corrected chi connectivity index (χ1v) is 4.85. The molecule has 0 heterocycles. The van der Waals surface area contributed by atoms with Gasteiger partial charge in [-0.2, -0.15) is 0 Å². The second-order valence-electron chi connectivity index (χ2n) is 3.48. The summed E-state index contributed by atoms with van der Waals surface area (Å²) in [6.45, 7) is -1.39. The molecule has 0 bridgehead atoms. The third-order valence-electron chi connectivity index (χ3n) is 2.37. The molecular weight excluding hydrogens is 232 g/mol.